The van der Waals surface area contributed by atoms with Gasteiger partial charge in [0.25, 0.3) is 0 Å². The van der Waals surface area contributed by atoms with E-state index in [1.54, 1.807) is 30.3 Å². The first-order chi connectivity index (χ1) is 16.0. The molecule has 2 heterocycles. The third kappa shape index (κ3) is 4.40. The summed E-state index contributed by atoms with van der Waals surface area (Å²) in [5.41, 5.74) is -1.15. The van der Waals surface area contributed by atoms with Crippen LogP contribution in [0.1, 0.15) is 39.8 Å². The van der Waals surface area contributed by atoms with Crippen molar-refractivity contribution in [2.45, 2.75) is 51.8 Å². The highest BCUT2D eigenvalue weighted by Gasteiger charge is 2.43. The molecule has 0 saturated carbocycles. The fourth-order valence-electron chi connectivity index (χ4n) is 3.70. The molecule has 0 N–H and O–H groups in total. The summed E-state index contributed by atoms with van der Waals surface area (Å²) >= 11 is 0. The maximum Gasteiger partial charge on any atom is 0.363 e. The lowest BCUT2D eigenvalue weighted by Gasteiger charge is -2.47. The van der Waals surface area contributed by atoms with Gasteiger partial charge in [0.05, 0.1) is 6.54 Å². The smallest absolute Gasteiger partial charge is 0.358 e. The molecule has 0 unspecified atom stereocenters. The lowest BCUT2D eigenvalue weighted by molar-refractivity contribution is -0.128. The summed E-state index contributed by atoms with van der Waals surface area (Å²) in [6, 6.07) is 8.40. The maximum atomic E-state index is 13.4. The van der Waals surface area contributed by atoms with Gasteiger partial charge in [0.15, 0.2) is 0 Å². The molecule has 158 valence electrons. The van der Waals surface area contributed by atoms with Crippen molar-refractivity contribution in [3.63, 3.8) is 0 Å². The van der Waals surface area contributed by atoms with Crippen molar-refractivity contribution in [3.05, 3.63) is 40.8 Å². The first-order valence-electron chi connectivity index (χ1n) is 12.1. The van der Waals surface area contributed by atoms with Crippen LogP contribution in [-0.2, 0) is 22.6 Å². The molecule has 0 spiro atoms. The number of carbonyl (C=O) groups is 1. The molecule has 9 nitrogen and oxygen atoms in total. The number of hydrogen-bond donors (Lipinski definition) is 0. The summed E-state index contributed by atoms with van der Waals surface area (Å²) in [6.07, 6.45) is -2.46. The minimum absolute atomic E-state index is 0.279. The van der Waals surface area contributed by atoms with E-state index in [4.69, 9.17) is 11.6 Å². The fourth-order valence-corrected chi connectivity index (χ4v) is 3.70. The lowest BCUT2D eigenvalue weighted by atomic mass is 9.96. The molecule has 0 radical (unpaired) electrons. The zero-order valence-corrected chi connectivity index (χ0v) is 16.7. The van der Waals surface area contributed by atoms with Crippen LogP contribution in [0.4, 0.5) is 5.69 Å². The minimum Gasteiger partial charge on any atom is -0.358 e. The van der Waals surface area contributed by atoms with Gasteiger partial charge in [0, 0.05) is 65.0 Å². The van der Waals surface area contributed by atoms with Gasteiger partial charge < -0.3 is 9.64 Å². The van der Waals surface area contributed by atoms with Crippen LogP contribution in [-0.4, -0.2) is 63.1 Å². The number of tetrazole rings is 1. The number of ether oxygens (including phenoxy) is 1. The Morgan fingerprint density at radius 1 is 1.24 bits per heavy atom. The van der Waals surface area contributed by atoms with Crippen LogP contribution in [0.5, 0.6) is 0 Å². The second-order valence-corrected chi connectivity index (χ2v) is 6.89. The van der Waals surface area contributed by atoms with Crippen molar-refractivity contribution in [2.75, 3.05) is 31.6 Å². The average Bonchev–Trinajstić information content (AvgIpc) is 3.17. The molecule has 1 aliphatic rings. The second-order valence-electron chi connectivity index (χ2n) is 6.89. The highest BCUT2D eigenvalue weighted by atomic mass is 16.5. The average molecular weight is 408 g/mol. The number of carbonyl (C=O) groups excluding carboxylic acids is 1. The number of nitrogens with zero attached hydrogens (tertiary/aromatic N) is 6. The van der Waals surface area contributed by atoms with E-state index in [9.17, 15) is 9.59 Å². The Morgan fingerprint density at radius 2 is 1.93 bits per heavy atom. The van der Waals surface area contributed by atoms with E-state index in [-0.39, 0.29) is 5.69 Å². The first-order valence-corrected chi connectivity index (χ1v) is 9.64. The summed E-state index contributed by atoms with van der Waals surface area (Å²) in [4.78, 5) is 28.8. The Bertz CT molecular complexity index is 1030. The van der Waals surface area contributed by atoms with E-state index in [1.807, 2.05) is 6.92 Å². The van der Waals surface area contributed by atoms with Crippen LogP contribution in [0, 0.1) is 0 Å². The Labute approximate surface area is 177 Å². The van der Waals surface area contributed by atoms with E-state index >= 15 is 0 Å². The summed E-state index contributed by atoms with van der Waals surface area (Å²) in [6.45, 7) is 0.945. The summed E-state index contributed by atoms with van der Waals surface area (Å²) in [5.74, 6) is -1.17. The van der Waals surface area contributed by atoms with Gasteiger partial charge in [-0.2, -0.15) is 9.36 Å². The second kappa shape index (κ2) is 9.32. The number of piperidine rings is 1. The van der Waals surface area contributed by atoms with Crippen molar-refractivity contribution in [1.29, 1.82) is 0 Å². The van der Waals surface area contributed by atoms with Gasteiger partial charge in [-0.1, -0.05) is 25.1 Å². The van der Waals surface area contributed by atoms with Crippen molar-refractivity contribution in [2.24, 2.45) is 0 Å². The van der Waals surface area contributed by atoms with Crippen LogP contribution in [0.3, 0.4) is 0 Å². The number of aromatic nitrogens is 4. The Morgan fingerprint density at radius 3 is 2.52 bits per heavy atom. The molecule has 1 aromatic carbocycles. The van der Waals surface area contributed by atoms with Gasteiger partial charge in [-0.05, 0) is 29.5 Å². The monoisotopic (exact) mass is 407 g/mol. The quantitative estimate of drug-likeness (QED) is 0.614. The number of aryl methyl sites for hydroxylation is 1. The van der Waals surface area contributed by atoms with E-state index in [2.05, 4.69) is 15.3 Å². The SMILES string of the molecule is [2H]C([2H])([2H])C([2H])([2H])C(=O)N(c1ccccc1)C1(OC)CCN(CCn2nnn(CC)c2=O)CC1. The molecule has 0 atom stereocenters. The normalized spacial score (nSPS) is 20.1. The molecule has 1 aliphatic heterocycles. The van der Waals surface area contributed by atoms with Gasteiger partial charge in [-0.3, -0.25) is 9.69 Å². The summed E-state index contributed by atoms with van der Waals surface area (Å²) in [5, 5.41) is 7.68. The van der Waals surface area contributed by atoms with Crippen LogP contribution in [0.25, 0.3) is 0 Å². The van der Waals surface area contributed by atoms with Crippen LogP contribution < -0.4 is 10.6 Å². The van der Waals surface area contributed by atoms with E-state index in [1.165, 1.54) is 16.5 Å². The Balaban J connectivity index is 1.81. The molecule has 1 amide bonds. The highest BCUT2D eigenvalue weighted by Crippen LogP contribution is 2.34. The van der Waals surface area contributed by atoms with Gasteiger partial charge >= 0.3 is 5.69 Å². The van der Waals surface area contributed by atoms with Crippen LogP contribution >= 0.6 is 0 Å². The molecular weight excluding hydrogens is 372 g/mol. The zero-order chi connectivity index (χ0) is 25.1. The largest absolute Gasteiger partial charge is 0.363 e. The van der Waals surface area contributed by atoms with E-state index in [0.29, 0.717) is 51.3 Å². The number of methoxy groups -OCH3 is 1. The molecule has 1 aromatic heterocycles. The molecule has 3 rings (SSSR count). The standard InChI is InChI=1S/C20H30N6O3/c1-4-18(27)26(17-9-7-6-8-10-17)20(29-3)11-13-23(14-12-20)15-16-25-19(28)24(5-2)21-22-25/h6-10H,4-5,11-16H2,1-3H3/i1D3,4D2. The molecule has 2 aromatic rings. The van der Waals surface area contributed by atoms with Crippen LogP contribution in [0.15, 0.2) is 35.1 Å². The van der Waals surface area contributed by atoms with Crippen LogP contribution in [0.2, 0.25) is 0 Å². The predicted octanol–water partition coefficient (Wildman–Crippen LogP) is 1.34. The highest BCUT2D eigenvalue weighted by molar-refractivity contribution is 5.94. The van der Waals surface area contributed by atoms with E-state index < -0.39 is 24.9 Å². The third-order valence-electron chi connectivity index (χ3n) is 5.37. The van der Waals surface area contributed by atoms with Crippen molar-refractivity contribution >= 4 is 11.6 Å². The van der Waals surface area contributed by atoms with Gasteiger partial charge in [0.1, 0.15) is 5.72 Å². The number of para-hydroxylation sites is 1. The zero-order valence-electron chi connectivity index (χ0n) is 21.7. The molecule has 1 saturated heterocycles. The van der Waals surface area contributed by atoms with Gasteiger partial charge in [0.2, 0.25) is 5.91 Å². The molecule has 1 fully saturated rings. The van der Waals surface area contributed by atoms with E-state index in [0.717, 1.165) is 4.90 Å². The number of anilines is 1. The van der Waals surface area contributed by atoms with Gasteiger partial charge in [-0.25, -0.2) is 4.79 Å². The van der Waals surface area contributed by atoms with Crippen molar-refractivity contribution < 1.29 is 16.4 Å². The third-order valence-corrected chi connectivity index (χ3v) is 5.37. The molecule has 29 heavy (non-hydrogen) atoms. The topological polar surface area (TPSA) is 85.5 Å². The first kappa shape index (κ1) is 15.3. The van der Waals surface area contributed by atoms with Gasteiger partial charge in [-0.15, -0.1) is 0 Å². The Hall–Kier alpha value is -2.52. The number of likely N-dealkylation sites (tertiary alicyclic amines) is 1. The number of benzene rings is 1. The number of amides is 1. The number of hydrogen-bond acceptors (Lipinski definition) is 6. The molecular formula is C20H30N6O3. The van der Waals surface area contributed by atoms with Crippen molar-refractivity contribution in [1.82, 2.24) is 24.7 Å². The summed E-state index contributed by atoms with van der Waals surface area (Å²) in [7, 11) is 1.44. The maximum absolute atomic E-state index is 13.4. The molecule has 0 aliphatic carbocycles. The summed E-state index contributed by atoms with van der Waals surface area (Å²) < 4.78 is 47.3. The predicted molar refractivity (Wildman–Crippen MR) is 110 cm³/mol. The molecule has 0 bridgehead atoms. The Kier molecular flexibility index (Phi) is 4.93. The molecule has 9 heteroatoms. The minimum atomic E-state index is -3.14. The lowest BCUT2D eigenvalue weighted by Crippen LogP contribution is -2.59. The van der Waals surface area contributed by atoms with Crippen molar-refractivity contribution in [3.8, 4) is 0 Å². The number of rotatable bonds is 8. The fraction of sp³-hybridized carbons (Fsp3) is 0.600.